The Balaban J connectivity index is 1.49. The maximum atomic E-state index is 12.2. The van der Waals surface area contributed by atoms with Crippen molar-refractivity contribution in [2.45, 2.75) is 39.2 Å². The molecular formula is C15H20N4O2S. The van der Waals surface area contributed by atoms with Gasteiger partial charge in [0.25, 0.3) is 0 Å². The number of thiazole rings is 1. The van der Waals surface area contributed by atoms with Crippen LogP contribution in [-0.4, -0.2) is 35.2 Å². The van der Waals surface area contributed by atoms with Crippen LogP contribution in [0.1, 0.15) is 29.9 Å². The second-order valence-electron chi connectivity index (χ2n) is 5.62. The fourth-order valence-electron chi connectivity index (χ4n) is 2.78. The van der Waals surface area contributed by atoms with E-state index in [2.05, 4.69) is 20.4 Å². The Morgan fingerprint density at radius 3 is 2.82 bits per heavy atom. The molecule has 2 aromatic heterocycles. The number of carbonyl (C=O) groups is 1. The van der Waals surface area contributed by atoms with Crippen molar-refractivity contribution in [3.05, 3.63) is 28.6 Å². The highest BCUT2D eigenvalue weighted by molar-refractivity contribution is 7.13. The molecule has 1 amide bonds. The van der Waals surface area contributed by atoms with Crippen LogP contribution in [0.25, 0.3) is 0 Å². The summed E-state index contributed by atoms with van der Waals surface area (Å²) >= 11 is 1.66. The zero-order valence-corrected chi connectivity index (χ0v) is 13.7. The van der Waals surface area contributed by atoms with Crippen LogP contribution in [0.3, 0.4) is 0 Å². The molecule has 2 aromatic rings. The third-order valence-electron chi connectivity index (χ3n) is 4.07. The topological polar surface area (TPSA) is 71.3 Å². The van der Waals surface area contributed by atoms with Crippen molar-refractivity contribution in [1.29, 1.82) is 0 Å². The van der Waals surface area contributed by atoms with E-state index >= 15 is 0 Å². The SMILES string of the molecule is Cc1noc(C)c1CC(=O)NC1CCN(c2nccs2)CC1. The molecule has 1 aliphatic heterocycles. The average molecular weight is 320 g/mol. The van der Waals surface area contributed by atoms with Crippen molar-refractivity contribution in [2.24, 2.45) is 0 Å². The van der Waals surface area contributed by atoms with Gasteiger partial charge in [0.2, 0.25) is 5.91 Å². The van der Waals surface area contributed by atoms with E-state index in [9.17, 15) is 4.79 Å². The molecule has 1 saturated heterocycles. The average Bonchev–Trinajstić information content (AvgIpc) is 3.14. The lowest BCUT2D eigenvalue weighted by Crippen LogP contribution is -2.45. The number of nitrogens with zero attached hydrogens (tertiary/aromatic N) is 3. The van der Waals surface area contributed by atoms with Gasteiger partial charge >= 0.3 is 0 Å². The minimum Gasteiger partial charge on any atom is -0.361 e. The first-order chi connectivity index (χ1) is 10.6. The molecule has 0 saturated carbocycles. The number of nitrogens with one attached hydrogen (secondary N) is 1. The Labute approximate surface area is 133 Å². The third-order valence-corrected chi connectivity index (χ3v) is 4.90. The maximum Gasteiger partial charge on any atom is 0.224 e. The molecule has 3 heterocycles. The van der Waals surface area contributed by atoms with E-state index < -0.39 is 0 Å². The van der Waals surface area contributed by atoms with Gasteiger partial charge in [-0.25, -0.2) is 4.98 Å². The summed E-state index contributed by atoms with van der Waals surface area (Å²) in [5.41, 5.74) is 1.70. The van der Waals surface area contributed by atoms with Gasteiger partial charge in [0, 0.05) is 36.3 Å². The van der Waals surface area contributed by atoms with Gasteiger partial charge in [-0.15, -0.1) is 11.3 Å². The van der Waals surface area contributed by atoms with Gasteiger partial charge in [-0.3, -0.25) is 4.79 Å². The first-order valence-electron chi connectivity index (χ1n) is 7.49. The summed E-state index contributed by atoms with van der Waals surface area (Å²) in [6.07, 6.45) is 4.07. The van der Waals surface area contributed by atoms with Crippen molar-refractivity contribution in [1.82, 2.24) is 15.5 Å². The van der Waals surface area contributed by atoms with E-state index in [0.29, 0.717) is 6.42 Å². The van der Waals surface area contributed by atoms with E-state index in [1.807, 2.05) is 25.4 Å². The summed E-state index contributed by atoms with van der Waals surface area (Å²) in [6.45, 7) is 5.58. The fraction of sp³-hybridized carbons (Fsp3) is 0.533. The molecule has 0 bridgehead atoms. The van der Waals surface area contributed by atoms with Crippen LogP contribution in [0.2, 0.25) is 0 Å². The first kappa shape index (κ1) is 15.0. The van der Waals surface area contributed by atoms with E-state index in [1.165, 1.54) is 0 Å². The molecule has 0 aliphatic carbocycles. The van der Waals surface area contributed by atoms with Crippen molar-refractivity contribution < 1.29 is 9.32 Å². The second kappa shape index (κ2) is 6.48. The van der Waals surface area contributed by atoms with Gasteiger partial charge < -0.3 is 14.7 Å². The van der Waals surface area contributed by atoms with Crippen LogP contribution in [0.4, 0.5) is 5.13 Å². The lowest BCUT2D eigenvalue weighted by molar-refractivity contribution is -0.121. The highest BCUT2D eigenvalue weighted by Gasteiger charge is 2.23. The monoisotopic (exact) mass is 320 g/mol. The van der Waals surface area contributed by atoms with Gasteiger partial charge in [-0.05, 0) is 26.7 Å². The van der Waals surface area contributed by atoms with Gasteiger partial charge in [0.1, 0.15) is 5.76 Å². The molecule has 7 heteroatoms. The molecule has 22 heavy (non-hydrogen) atoms. The fourth-order valence-corrected chi connectivity index (χ4v) is 3.48. The van der Waals surface area contributed by atoms with Crippen molar-refractivity contribution in [3.8, 4) is 0 Å². The molecule has 6 nitrogen and oxygen atoms in total. The Morgan fingerprint density at radius 1 is 1.45 bits per heavy atom. The van der Waals surface area contributed by atoms with Crippen LogP contribution in [0.15, 0.2) is 16.1 Å². The number of aryl methyl sites for hydroxylation is 2. The molecule has 3 rings (SSSR count). The predicted octanol–water partition coefficient (Wildman–Crippen LogP) is 2.08. The molecule has 1 fully saturated rings. The molecule has 118 valence electrons. The quantitative estimate of drug-likeness (QED) is 0.934. The number of piperidine rings is 1. The summed E-state index contributed by atoms with van der Waals surface area (Å²) < 4.78 is 5.10. The summed E-state index contributed by atoms with van der Waals surface area (Å²) in [7, 11) is 0. The zero-order valence-electron chi connectivity index (χ0n) is 12.8. The lowest BCUT2D eigenvalue weighted by Gasteiger charge is -2.32. The van der Waals surface area contributed by atoms with Crippen LogP contribution in [-0.2, 0) is 11.2 Å². The number of hydrogen-bond donors (Lipinski definition) is 1. The molecule has 0 radical (unpaired) electrons. The van der Waals surface area contributed by atoms with E-state index in [1.54, 1.807) is 11.3 Å². The Bertz CT molecular complexity index is 611. The number of amides is 1. The molecular weight excluding hydrogens is 300 g/mol. The minimum atomic E-state index is 0.0436. The molecule has 0 unspecified atom stereocenters. The lowest BCUT2D eigenvalue weighted by atomic mass is 10.0. The highest BCUT2D eigenvalue weighted by Crippen LogP contribution is 2.22. The maximum absolute atomic E-state index is 12.2. The molecule has 0 aromatic carbocycles. The van der Waals surface area contributed by atoms with Gasteiger partial charge in [0.15, 0.2) is 5.13 Å². The zero-order chi connectivity index (χ0) is 15.5. The predicted molar refractivity (Wildman–Crippen MR) is 85.2 cm³/mol. The Morgan fingerprint density at radius 2 is 2.23 bits per heavy atom. The van der Waals surface area contributed by atoms with E-state index in [0.717, 1.165) is 48.1 Å². The van der Waals surface area contributed by atoms with Gasteiger partial charge in [0.05, 0.1) is 12.1 Å². The first-order valence-corrected chi connectivity index (χ1v) is 8.37. The number of hydrogen-bond acceptors (Lipinski definition) is 6. The van der Waals surface area contributed by atoms with Crippen LogP contribution < -0.4 is 10.2 Å². The minimum absolute atomic E-state index is 0.0436. The molecule has 1 aliphatic rings. The van der Waals surface area contributed by atoms with Crippen LogP contribution in [0.5, 0.6) is 0 Å². The number of aromatic nitrogens is 2. The van der Waals surface area contributed by atoms with Crippen molar-refractivity contribution in [2.75, 3.05) is 18.0 Å². The Kier molecular flexibility index (Phi) is 4.42. The Hall–Kier alpha value is -1.89. The van der Waals surface area contributed by atoms with E-state index in [-0.39, 0.29) is 11.9 Å². The number of carbonyl (C=O) groups excluding carboxylic acids is 1. The van der Waals surface area contributed by atoms with Crippen molar-refractivity contribution >= 4 is 22.4 Å². The molecule has 1 N–H and O–H groups in total. The normalized spacial score (nSPS) is 16.0. The molecule has 0 spiro atoms. The smallest absolute Gasteiger partial charge is 0.224 e. The van der Waals surface area contributed by atoms with Gasteiger partial charge in [-0.1, -0.05) is 5.16 Å². The summed E-state index contributed by atoms with van der Waals surface area (Å²) in [5.74, 6) is 0.772. The summed E-state index contributed by atoms with van der Waals surface area (Å²) in [4.78, 5) is 18.8. The number of rotatable bonds is 4. The standard InChI is InChI=1S/C15H20N4O2S/c1-10-13(11(2)21-18-10)9-14(20)17-12-3-6-19(7-4-12)15-16-5-8-22-15/h5,8,12H,3-4,6-7,9H2,1-2H3,(H,17,20). The van der Waals surface area contributed by atoms with Gasteiger partial charge in [-0.2, -0.15) is 0 Å². The molecule has 0 atom stereocenters. The van der Waals surface area contributed by atoms with Crippen LogP contribution in [0, 0.1) is 13.8 Å². The largest absolute Gasteiger partial charge is 0.361 e. The third kappa shape index (κ3) is 3.30. The summed E-state index contributed by atoms with van der Waals surface area (Å²) in [5, 5.41) is 10.1. The van der Waals surface area contributed by atoms with E-state index in [4.69, 9.17) is 4.52 Å². The number of anilines is 1. The van der Waals surface area contributed by atoms with Crippen molar-refractivity contribution in [3.63, 3.8) is 0 Å². The van der Waals surface area contributed by atoms with Crippen LogP contribution >= 0.6 is 11.3 Å². The summed E-state index contributed by atoms with van der Waals surface area (Å²) in [6, 6.07) is 0.240. The second-order valence-corrected chi connectivity index (χ2v) is 6.50. The highest BCUT2D eigenvalue weighted by atomic mass is 32.1.